The van der Waals surface area contributed by atoms with Gasteiger partial charge in [0.2, 0.25) is 0 Å². The van der Waals surface area contributed by atoms with E-state index in [9.17, 15) is 4.79 Å². The lowest BCUT2D eigenvalue weighted by Crippen LogP contribution is -2.23. The fraction of sp³-hybridized carbons (Fsp3) is 0.0833. The van der Waals surface area contributed by atoms with Gasteiger partial charge in [-0.1, -0.05) is 76.1 Å². The number of aromatic nitrogens is 1. The summed E-state index contributed by atoms with van der Waals surface area (Å²) in [6, 6.07) is 25.7. The van der Waals surface area contributed by atoms with Gasteiger partial charge >= 0.3 is 0 Å². The summed E-state index contributed by atoms with van der Waals surface area (Å²) >= 11 is 3.46. The number of aryl methyl sites for hydroxylation is 1. The maximum Gasteiger partial charge on any atom is 0.252 e. The molecule has 4 aromatic rings. The number of pyridine rings is 1. The first kappa shape index (κ1) is 18.4. The topological polar surface area (TPSA) is 42.0 Å². The highest BCUT2D eigenvalue weighted by Gasteiger charge is 2.14. The van der Waals surface area contributed by atoms with E-state index in [2.05, 4.69) is 40.3 Å². The molecule has 0 aliphatic rings. The highest BCUT2D eigenvalue weighted by Crippen LogP contribution is 2.26. The molecule has 0 bridgehead atoms. The Labute approximate surface area is 172 Å². The van der Waals surface area contributed by atoms with Crippen LogP contribution in [-0.4, -0.2) is 10.9 Å². The highest BCUT2D eigenvalue weighted by molar-refractivity contribution is 9.10. The van der Waals surface area contributed by atoms with E-state index in [-0.39, 0.29) is 5.91 Å². The number of nitrogens with one attached hydrogen (secondary N) is 1. The summed E-state index contributed by atoms with van der Waals surface area (Å²) < 4.78 is 1.01. The van der Waals surface area contributed by atoms with Gasteiger partial charge in [0.15, 0.2) is 0 Å². The number of hydrogen-bond donors (Lipinski definition) is 1. The number of halogens is 1. The van der Waals surface area contributed by atoms with Crippen LogP contribution in [0.15, 0.2) is 83.3 Å². The van der Waals surface area contributed by atoms with Crippen LogP contribution in [0.3, 0.4) is 0 Å². The van der Waals surface area contributed by atoms with E-state index in [0.29, 0.717) is 12.1 Å². The minimum Gasteiger partial charge on any atom is -0.348 e. The van der Waals surface area contributed by atoms with Crippen molar-refractivity contribution in [2.24, 2.45) is 0 Å². The number of fused-ring (bicyclic) bond motifs is 1. The molecule has 1 aromatic heterocycles. The lowest BCUT2D eigenvalue weighted by Gasteiger charge is -2.11. The molecule has 0 saturated heterocycles. The van der Waals surface area contributed by atoms with E-state index in [1.54, 1.807) is 0 Å². The van der Waals surface area contributed by atoms with Crippen LogP contribution >= 0.6 is 15.9 Å². The Morgan fingerprint density at radius 2 is 1.68 bits per heavy atom. The fourth-order valence-electron chi connectivity index (χ4n) is 3.12. The molecule has 0 radical (unpaired) electrons. The number of rotatable bonds is 4. The minimum absolute atomic E-state index is 0.0995. The smallest absolute Gasteiger partial charge is 0.252 e. The second-order valence-electron chi connectivity index (χ2n) is 6.75. The molecule has 1 N–H and O–H groups in total. The maximum atomic E-state index is 13.0. The van der Waals surface area contributed by atoms with Crippen LogP contribution in [0.2, 0.25) is 0 Å². The number of amides is 1. The van der Waals surface area contributed by atoms with Gasteiger partial charge in [0.25, 0.3) is 5.91 Å². The average Bonchev–Trinajstić information content (AvgIpc) is 2.73. The number of benzene rings is 3. The summed E-state index contributed by atoms with van der Waals surface area (Å²) in [4.78, 5) is 17.7. The summed E-state index contributed by atoms with van der Waals surface area (Å²) in [6.07, 6.45) is 0. The summed E-state index contributed by atoms with van der Waals surface area (Å²) in [7, 11) is 0. The molecule has 0 unspecified atom stereocenters. The van der Waals surface area contributed by atoms with Crippen LogP contribution in [0.4, 0.5) is 0 Å². The Balaban J connectivity index is 1.69. The molecule has 3 aromatic carbocycles. The molecule has 0 aliphatic carbocycles. The number of carbonyl (C=O) groups is 1. The lowest BCUT2D eigenvalue weighted by molar-refractivity contribution is 0.0952. The zero-order chi connectivity index (χ0) is 19.5. The van der Waals surface area contributed by atoms with Crippen molar-refractivity contribution in [2.45, 2.75) is 13.5 Å². The number of nitrogens with zero attached hydrogens (tertiary/aromatic N) is 1. The third-order valence-corrected chi connectivity index (χ3v) is 5.20. The summed E-state index contributed by atoms with van der Waals surface area (Å²) in [6.45, 7) is 2.54. The highest BCUT2D eigenvalue weighted by atomic mass is 79.9. The van der Waals surface area contributed by atoms with Crippen LogP contribution in [-0.2, 0) is 6.54 Å². The average molecular weight is 431 g/mol. The molecule has 0 atom stereocenters. The van der Waals surface area contributed by atoms with Crippen molar-refractivity contribution in [3.8, 4) is 11.3 Å². The zero-order valence-electron chi connectivity index (χ0n) is 15.4. The van der Waals surface area contributed by atoms with Gasteiger partial charge < -0.3 is 5.32 Å². The number of hydrogen-bond acceptors (Lipinski definition) is 2. The first-order valence-corrected chi connectivity index (χ1v) is 9.89. The number of carbonyl (C=O) groups excluding carboxylic acids is 1. The molecule has 138 valence electrons. The van der Waals surface area contributed by atoms with Gasteiger partial charge in [-0.2, -0.15) is 0 Å². The Hall–Kier alpha value is -2.98. The van der Waals surface area contributed by atoms with Crippen molar-refractivity contribution >= 4 is 32.7 Å². The second-order valence-corrected chi connectivity index (χ2v) is 7.66. The monoisotopic (exact) mass is 430 g/mol. The predicted molar refractivity (Wildman–Crippen MR) is 117 cm³/mol. The predicted octanol–water partition coefficient (Wildman–Crippen LogP) is 5.90. The van der Waals surface area contributed by atoms with Crippen molar-refractivity contribution < 1.29 is 4.79 Å². The molecule has 3 nitrogen and oxygen atoms in total. The Kier molecular flexibility index (Phi) is 5.22. The Morgan fingerprint density at radius 1 is 0.964 bits per heavy atom. The van der Waals surface area contributed by atoms with Crippen molar-refractivity contribution in [1.29, 1.82) is 0 Å². The molecule has 0 aliphatic heterocycles. The Bertz CT molecular complexity index is 1140. The van der Waals surface area contributed by atoms with E-state index >= 15 is 0 Å². The van der Waals surface area contributed by atoms with Crippen LogP contribution < -0.4 is 5.32 Å². The van der Waals surface area contributed by atoms with Crippen molar-refractivity contribution in [3.05, 3.63) is 100 Å². The molecule has 1 heterocycles. The molecular formula is C24H19BrN2O. The largest absolute Gasteiger partial charge is 0.348 e. The van der Waals surface area contributed by atoms with Crippen LogP contribution in [0.5, 0.6) is 0 Å². The molecule has 0 spiro atoms. The van der Waals surface area contributed by atoms with Crippen molar-refractivity contribution in [3.63, 3.8) is 0 Å². The zero-order valence-corrected chi connectivity index (χ0v) is 17.0. The second kappa shape index (κ2) is 7.95. The van der Waals surface area contributed by atoms with Gasteiger partial charge in [-0.25, -0.2) is 4.98 Å². The standard InChI is InChI=1S/C24H19BrN2O/c1-16-6-8-17(9-7-16)15-26-24(28)21-14-23(18-10-12-19(25)13-11-18)27-22-5-3-2-4-20(21)22/h2-14H,15H2,1H3,(H,26,28). The van der Waals surface area contributed by atoms with E-state index in [1.807, 2.05) is 66.7 Å². The normalized spacial score (nSPS) is 10.8. The fourth-order valence-corrected chi connectivity index (χ4v) is 3.38. The summed E-state index contributed by atoms with van der Waals surface area (Å²) in [5.74, 6) is -0.0995. The van der Waals surface area contributed by atoms with Gasteiger partial charge in [-0.15, -0.1) is 0 Å². The quantitative estimate of drug-likeness (QED) is 0.437. The van der Waals surface area contributed by atoms with Gasteiger partial charge in [-0.05, 0) is 36.8 Å². The maximum absolute atomic E-state index is 13.0. The van der Waals surface area contributed by atoms with Crippen LogP contribution in [0.1, 0.15) is 21.5 Å². The van der Waals surface area contributed by atoms with Gasteiger partial charge in [0.1, 0.15) is 0 Å². The molecular weight excluding hydrogens is 412 g/mol. The molecule has 4 rings (SSSR count). The van der Waals surface area contributed by atoms with Crippen molar-refractivity contribution in [2.75, 3.05) is 0 Å². The van der Waals surface area contributed by atoms with Gasteiger partial charge in [0.05, 0.1) is 16.8 Å². The summed E-state index contributed by atoms with van der Waals surface area (Å²) in [5.41, 5.74) is 5.48. The van der Waals surface area contributed by atoms with E-state index < -0.39 is 0 Å². The SMILES string of the molecule is Cc1ccc(CNC(=O)c2cc(-c3ccc(Br)cc3)nc3ccccc23)cc1. The van der Waals surface area contributed by atoms with E-state index in [0.717, 1.165) is 32.2 Å². The molecule has 0 saturated carbocycles. The minimum atomic E-state index is -0.0995. The van der Waals surface area contributed by atoms with E-state index in [1.165, 1.54) is 5.56 Å². The van der Waals surface area contributed by atoms with Gasteiger partial charge in [-0.3, -0.25) is 4.79 Å². The number of para-hydroxylation sites is 1. The first-order valence-electron chi connectivity index (χ1n) is 9.09. The molecule has 1 amide bonds. The summed E-state index contributed by atoms with van der Waals surface area (Å²) in [5, 5.41) is 3.89. The third-order valence-electron chi connectivity index (χ3n) is 4.67. The first-order chi connectivity index (χ1) is 13.6. The van der Waals surface area contributed by atoms with Crippen molar-refractivity contribution in [1.82, 2.24) is 10.3 Å². The van der Waals surface area contributed by atoms with Crippen LogP contribution in [0, 0.1) is 6.92 Å². The van der Waals surface area contributed by atoms with E-state index in [4.69, 9.17) is 4.98 Å². The molecule has 4 heteroatoms. The molecule has 0 fully saturated rings. The lowest BCUT2D eigenvalue weighted by atomic mass is 10.0. The molecule has 28 heavy (non-hydrogen) atoms. The third kappa shape index (κ3) is 3.97. The Morgan fingerprint density at radius 3 is 2.43 bits per heavy atom. The van der Waals surface area contributed by atoms with Crippen LogP contribution in [0.25, 0.3) is 22.2 Å². The van der Waals surface area contributed by atoms with Gasteiger partial charge in [0, 0.05) is 22.0 Å².